The second-order valence-corrected chi connectivity index (χ2v) is 10.1. The Kier molecular flexibility index (Phi) is 17.0. The van der Waals surface area contributed by atoms with Crippen LogP contribution in [0.15, 0.2) is 146 Å². The summed E-state index contributed by atoms with van der Waals surface area (Å²) >= 11 is 0. The van der Waals surface area contributed by atoms with E-state index in [1.165, 1.54) is 43.8 Å². The third kappa shape index (κ3) is 12.2. The van der Waals surface area contributed by atoms with E-state index in [0.717, 1.165) is 6.61 Å². The molecule has 0 fully saturated rings. The molecule has 0 aliphatic heterocycles. The van der Waals surface area contributed by atoms with Crippen molar-refractivity contribution < 1.29 is 30.6 Å². The monoisotopic (exact) mass is 642 g/mol. The average molecular weight is 644 g/mol. The van der Waals surface area contributed by atoms with Crippen molar-refractivity contribution in [3.8, 4) is 0 Å². The Labute approximate surface area is 274 Å². The van der Waals surface area contributed by atoms with E-state index in [1.807, 2.05) is 49.9 Å². The van der Waals surface area contributed by atoms with E-state index >= 15 is 0 Å². The molecular formula is C39H40OSiZr. The van der Waals surface area contributed by atoms with Crippen molar-refractivity contribution in [1.29, 1.82) is 0 Å². The molecule has 6 rings (SSSR count). The quantitative estimate of drug-likeness (QED) is 0.103. The maximum absolute atomic E-state index is 4.86. The Hall–Kier alpha value is -3.36. The summed E-state index contributed by atoms with van der Waals surface area (Å²) in [6.07, 6.45) is 8.31. The van der Waals surface area contributed by atoms with Gasteiger partial charge in [-0.1, -0.05) is 111 Å². The van der Waals surface area contributed by atoms with Gasteiger partial charge in [0.1, 0.15) is 0 Å². The van der Waals surface area contributed by atoms with E-state index in [9.17, 15) is 0 Å². The summed E-state index contributed by atoms with van der Waals surface area (Å²) in [5.41, 5.74) is 5.19. The molecule has 6 aromatic rings. The molecule has 0 aliphatic rings. The van der Waals surface area contributed by atoms with Gasteiger partial charge in [-0.25, -0.2) is 0 Å². The molecule has 0 saturated heterocycles. The van der Waals surface area contributed by atoms with Gasteiger partial charge in [-0.15, -0.1) is 70.1 Å². The second-order valence-electron chi connectivity index (χ2n) is 9.38. The fraction of sp³-hybridized carbons (Fsp3) is 0.128. The van der Waals surface area contributed by atoms with E-state index in [0.29, 0.717) is 9.76 Å². The van der Waals surface area contributed by atoms with Crippen molar-refractivity contribution in [2.75, 3.05) is 6.61 Å². The molecule has 0 aromatic heterocycles. The van der Waals surface area contributed by atoms with Crippen molar-refractivity contribution in [3.05, 3.63) is 168 Å². The van der Waals surface area contributed by atoms with Gasteiger partial charge in [-0.05, 0) is 24.6 Å². The molecule has 0 unspecified atom stereocenters. The van der Waals surface area contributed by atoms with Gasteiger partial charge in [0.05, 0.1) is 0 Å². The Morgan fingerprint density at radius 2 is 0.976 bits per heavy atom. The minimum absolute atomic E-state index is 0. The summed E-state index contributed by atoms with van der Waals surface area (Å²) in [7, 11) is 0.658. The Morgan fingerprint density at radius 1 is 0.595 bits per heavy atom. The van der Waals surface area contributed by atoms with Crippen LogP contribution < -0.4 is 0 Å². The van der Waals surface area contributed by atoms with Crippen LogP contribution in [0, 0.1) is 13.8 Å². The van der Waals surface area contributed by atoms with Crippen LogP contribution in [0.2, 0.25) is 6.55 Å². The largest absolute Gasteiger partial charge is 2.00 e. The predicted octanol–water partition coefficient (Wildman–Crippen LogP) is 10.8. The normalized spacial score (nSPS) is 10.3. The number of allylic oxidation sites excluding steroid dienone is 2. The molecule has 210 valence electrons. The standard InChI is InChI=1S/C16H14.2C10H9.C3H8OSi.Zr/c1-3-9-15(10-4-1)13-7-8-14-16-11-5-2-6-12-16;2*1-8-6-7-9-4-2-3-5-10(8)9;1-3-4-5-2;/h1-14H;2*2-7H,1H3;3H2,1-2H3;/q;2*-1;;+2. The molecular weight excluding hydrogens is 604 g/mol. The summed E-state index contributed by atoms with van der Waals surface area (Å²) in [6.45, 7) is 9.15. The molecule has 0 heterocycles. The fourth-order valence-electron chi connectivity index (χ4n) is 4.22. The van der Waals surface area contributed by atoms with Crippen LogP contribution in [0.5, 0.6) is 0 Å². The first-order valence-corrected chi connectivity index (χ1v) is 15.5. The van der Waals surface area contributed by atoms with Crippen LogP contribution in [0.3, 0.4) is 0 Å². The summed E-state index contributed by atoms with van der Waals surface area (Å²) in [4.78, 5) is 0. The maximum Gasteiger partial charge on any atom is 2.00 e. The topological polar surface area (TPSA) is 9.23 Å². The van der Waals surface area contributed by atoms with Gasteiger partial charge in [0.2, 0.25) is 9.76 Å². The van der Waals surface area contributed by atoms with Crippen molar-refractivity contribution in [2.24, 2.45) is 0 Å². The molecule has 0 amide bonds. The van der Waals surface area contributed by atoms with Gasteiger partial charge in [0, 0.05) is 6.61 Å². The smallest absolute Gasteiger partial charge is 0.418 e. The van der Waals surface area contributed by atoms with Gasteiger partial charge >= 0.3 is 26.2 Å². The number of benzene rings is 4. The van der Waals surface area contributed by atoms with Crippen LogP contribution in [0.25, 0.3) is 33.7 Å². The molecule has 42 heavy (non-hydrogen) atoms. The number of hydrogen-bond donors (Lipinski definition) is 0. The minimum Gasteiger partial charge on any atom is -0.418 e. The van der Waals surface area contributed by atoms with Crippen LogP contribution in [0.4, 0.5) is 0 Å². The first-order chi connectivity index (χ1) is 20.1. The van der Waals surface area contributed by atoms with Crippen LogP contribution in [-0.2, 0) is 30.6 Å². The van der Waals surface area contributed by atoms with Crippen molar-refractivity contribution in [3.63, 3.8) is 0 Å². The summed E-state index contributed by atoms with van der Waals surface area (Å²) < 4.78 is 4.86. The van der Waals surface area contributed by atoms with E-state index in [4.69, 9.17) is 4.43 Å². The second kappa shape index (κ2) is 20.5. The molecule has 0 N–H and O–H groups in total. The molecule has 3 heteroatoms. The zero-order valence-corrected chi connectivity index (χ0v) is 28.6. The number of hydrogen-bond acceptors (Lipinski definition) is 1. The van der Waals surface area contributed by atoms with Gasteiger partial charge in [0.15, 0.2) is 0 Å². The molecule has 0 spiro atoms. The van der Waals surface area contributed by atoms with Gasteiger partial charge < -0.3 is 4.43 Å². The van der Waals surface area contributed by atoms with Crippen molar-refractivity contribution in [2.45, 2.75) is 27.3 Å². The summed E-state index contributed by atoms with van der Waals surface area (Å²) in [5, 5.41) is 5.45. The van der Waals surface area contributed by atoms with E-state index < -0.39 is 0 Å². The first kappa shape index (κ1) is 34.8. The fourth-order valence-corrected chi connectivity index (χ4v) is 4.51. The molecule has 0 saturated carbocycles. The number of fused-ring (bicyclic) bond motifs is 2. The number of rotatable bonds is 5. The minimum atomic E-state index is 0. The van der Waals surface area contributed by atoms with Crippen molar-refractivity contribution in [1.82, 2.24) is 0 Å². The first-order valence-electron chi connectivity index (χ1n) is 14.1. The molecule has 0 aliphatic carbocycles. The molecule has 0 bridgehead atoms. The van der Waals surface area contributed by atoms with Gasteiger partial charge in [0.25, 0.3) is 0 Å². The third-order valence-electron chi connectivity index (χ3n) is 6.37. The van der Waals surface area contributed by atoms with Crippen LogP contribution in [-0.4, -0.2) is 16.4 Å². The maximum atomic E-state index is 4.86. The van der Waals surface area contributed by atoms with Crippen LogP contribution >= 0.6 is 0 Å². The zero-order valence-electron chi connectivity index (χ0n) is 25.1. The molecule has 0 atom stereocenters. The summed E-state index contributed by atoms with van der Waals surface area (Å²) in [5.74, 6) is 0. The van der Waals surface area contributed by atoms with Gasteiger partial charge in [-0.3, -0.25) is 0 Å². The SMILES string of the molecule is C(C=Cc1ccccc1)=Cc1ccccc1.CCO[Si]C.Cc1c[cH-]c2ccccc12.Cc1c[cH-]c2ccccc12.[Zr+2]. The predicted molar refractivity (Wildman–Crippen MR) is 183 cm³/mol. The molecule has 2 radical (unpaired) electrons. The zero-order chi connectivity index (χ0) is 29.1. The Bertz CT molecular complexity index is 1470. The van der Waals surface area contributed by atoms with Gasteiger partial charge in [-0.2, -0.15) is 23.3 Å². The van der Waals surface area contributed by atoms with Crippen LogP contribution in [0.1, 0.15) is 29.2 Å². The Balaban J connectivity index is 0.000000208. The molecule has 1 nitrogen and oxygen atoms in total. The number of aryl methyl sites for hydroxylation is 2. The summed E-state index contributed by atoms with van der Waals surface area (Å²) in [6, 6.07) is 46.1. The van der Waals surface area contributed by atoms with E-state index in [1.54, 1.807) is 0 Å². The van der Waals surface area contributed by atoms with Crippen molar-refractivity contribution >= 4 is 43.5 Å². The average Bonchev–Trinajstić information content (AvgIpc) is 3.60. The van der Waals surface area contributed by atoms with E-state index in [-0.39, 0.29) is 26.2 Å². The van der Waals surface area contributed by atoms with E-state index in [2.05, 4.69) is 135 Å². The third-order valence-corrected chi connectivity index (χ3v) is 6.95. The molecule has 6 aromatic carbocycles. The Morgan fingerprint density at radius 3 is 1.31 bits per heavy atom.